The van der Waals surface area contributed by atoms with Gasteiger partial charge in [0.2, 0.25) is 0 Å². The van der Waals surface area contributed by atoms with Gasteiger partial charge in [0.05, 0.1) is 22.2 Å². The van der Waals surface area contributed by atoms with Gasteiger partial charge in [0.1, 0.15) is 5.75 Å². The summed E-state index contributed by atoms with van der Waals surface area (Å²) in [5.74, 6) is 0.837. The van der Waals surface area contributed by atoms with Crippen molar-refractivity contribution < 1.29 is 9.47 Å². The van der Waals surface area contributed by atoms with Gasteiger partial charge in [-0.05, 0) is 69.3 Å². The van der Waals surface area contributed by atoms with Crippen molar-refractivity contribution in [2.24, 2.45) is 0 Å². The van der Waals surface area contributed by atoms with E-state index in [1.165, 1.54) is 5.56 Å². The molecule has 106 valence electrons. The van der Waals surface area contributed by atoms with E-state index in [1.54, 1.807) is 7.11 Å². The first-order valence-electron chi connectivity index (χ1n) is 6.51. The van der Waals surface area contributed by atoms with Gasteiger partial charge in [0.25, 0.3) is 0 Å². The van der Waals surface area contributed by atoms with Crippen molar-refractivity contribution >= 4 is 31.9 Å². The number of nitrogens with one attached hydrogen (secondary N) is 1. The predicted octanol–water partition coefficient (Wildman–Crippen LogP) is 3.88. The van der Waals surface area contributed by atoms with Crippen LogP contribution in [0.3, 0.4) is 0 Å². The van der Waals surface area contributed by atoms with Crippen LogP contribution in [-0.2, 0) is 11.3 Å². The summed E-state index contributed by atoms with van der Waals surface area (Å²) < 4.78 is 12.8. The topological polar surface area (TPSA) is 30.5 Å². The molecule has 1 aromatic rings. The molecule has 19 heavy (non-hydrogen) atoms. The monoisotopic (exact) mass is 391 g/mol. The molecular weight excluding hydrogens is 374 g/mol. The molecule has 1 aromatic carbocycles. The van der Waals surface area contributed by atoms with Crippen LogP contribution in [0, 0.1) is 0 Å². The Balaban J connectivity index is 1.84. The highest BCUT2D eigenvalue weighted by atomic mass is 79.9. The van der Waals surface area contributed by atoms with Crippen molar-refractivity contribution in [3.63, 3.8) is 0 Å². The molecule has 0 aromatic heterocycles. The quantitative estimate of drug-likeness (QED) is 0.796. The Morgan fingerprint density at radius 3 is 2.42 bits per heavy atom. The van der Waals surface area contributed by atoms with Gasteiger partial charge in [-0.2, -0.15) is 0 Å². The predicted molar refractivity (Wildman–Crippen MR) is 83.7 cm³/mol. The van der Waals surface area contributed by atoms with E-state index in [0.29, 0.717) is 12.1 Å². The van der Waals surface area contributed by atoms with Crippen LogP contribution in [0.1, 0.15) is 25.3 Å². The third-order valence-electron chi connectivity index (χ3n) is 3.35. The number of halogens is 2. The van der Waals surface area contributed by atoms with Crippen LogP contribution in [0.4, 0.5) is 0 Å². The van der Waals surface area contributed by atoms with Crippen molar-refractivity contribution in [1.29, 1.82) is 0 Å². The van der Waals surface area contributed by atoms with E-state index in [9.17, 15) is 0 Å². The fraction of sp³-hybridized carbons (Fsp3) is 0.571. The Hall–Kier alpha value is -0.100. The Labute approximate surface area is 131 Å². The maximum atomic E-state index is 5.56. The second-order valence-electron chi connectivity index (χ2n) is 4.72. The molecule has 0 atom stereocenters. The van der Waals surface area contributed by atoms with Crippen LogP contribution < -0.4 is 10.1 Å². The van der Waals surface area contributed by atoms with Crippen LogP contribution in [0.2, 0.25) is 0 Å². The number of benzene rings is 1. The van der Waals surface area contributed by atoms with Crippen LogP contribution in [0.5, 0.6) is 5.75 Å². The Kier molecular flexibility index (Phi) is 5.69. The van der Waals surface area contributed by atoms with Gasteiger partial charge < -0.3 is 14.8 Å². The first-order valence-corrected chi connectivity index (χ1v) is 8.09. The largest absolute Gasteiger partial charge is 0.494 e. The standard InChI is InChI=1S/C14H19Br2NO2/c1-3-19-11-6-10(7-11)17-8-9-4-12(15)14(18-2)13(16)5-9/h4-5,10-11,17H,3,6-8H2,1-2H3. The summed E-state index contributed by atoms with van der Waals surface area (Å²) in [6.07, 6.45) is 2.69. The lowest BCUT2D eigenvalue weighted by Gasteiger charge is -2.35. The van der Waals surface area contributed by atoms with Crippen molar-refractivity contribution in [1.82, 2.24) is 5.32 Å². The molecule has 0 spiro atoms. The molecule has 2 rings (SSSR count). The normalized spacial score (nSPS) is 22.1. The smallest absolute Gasteiger partial charge is 0.147 e. The van der Waals surface area contributed by atoms with Gasteiger partial charge in [-0.25, -0.2) is 0 Å². The molecule has 0 unspecified atom stereocenters. The van der Waals surface area contributed by atoms with Gasteiger partial charge in [-0.15, -0.1) is 0 Å². The third-order valence-corrected chi connectivity index (χ3v) is 4.53. The van der Waals surface area contributed by atoms with E-state index in [1.807, 2.05) is 6.92 Å². The van der Waals surface area contributed by atoms with Crippen molar-refractivity contribution in [3.8, 4) is 5.75 Å². The molecular formula is C14H19Br2NO2. The summed E-state index contributed by atoms with van der Waals surface area (Å²) >= 11 is 7.05. The summed E-state index contributed by atoms with van der Waals surface area (Å²) in [5.41, 5.74) is 1.24. The highest BCUT2D eigenvalue weighted by Gasteiger charge is 2.28. The molecule has 0 bridgehead atoms. The average molecular weight is 393 g/mol. The van der Waals surface area contributed by atoms with Gasteiger partial charge in [-0.1, -0.05) is 0 Å². The minimum absolute atomic E-state index is 0.455. The van der Waals surface area contributed by atoms with E-state index in [-0.39, 0.29) is 0 Å². The Bertz CT molecular complexity index is 410. The van der Waals surface area contributed by atoms with Crippen LogP contribution >= 0.6 is 31.9 Å². The first-order chi connectivity index (χ1) is 9.13. The molecule has 0 radical (unpaired) electrons. The molecule has 5 heteroatoms. The van der Waals surface area contributed by atoms with Crippen molar-refractivity contribution in [2.75, 3.05) is 13.7 Å². The van der Waals surface area contributed by atoms with Crippen LogP contribution in [0.25, 0.3) is 0 Å². The number of hydrogen-bond acceptors (Lipinski definition) is 3. The maximum absolute atomic E-state index is 5.56. The van der Waals surface area contributed by atoms with Crippen molar-refractivity contribution in [3.05, 3.63) is 26.6 Å². The lowest BCUT2D eigenvalue weighted by Crippen LogP contribution is -2.45. The molecule has 3 nitrogen and oxygen atoms in total. The van der Waals surface area contributed by atoms with Gasteiger partial charge in [-0.3, -0.25) is 0 Å². The van der Waals surface area contributed by atoms with E-state index in [2.05, 4.69) is 49.3 Å². The van der Waals surface area contributed by atoms with Crippen LogP contribution in [-0.4, -0.2) is 25.9 Å². The maximum Gasteiger partial charge on any atom is 0.147 e. The van der Waals surface area contributed by atoms with Gasteiger partial charge in [0, 0.05) is 19.2 Å². The molecule has 1 N–H and O–H groups in total. The van der Waals surface area contributed by atoms with Crippen LogP contribution in [0.15, 0.2) is 21.1 Å². The molecule has 1 saturated carbocycles. The highest BCUT2D eigenvalue weighted by Crippen LogP contribution is 2.34. The minimum Gasteiger partial charge on any atom is -0.494 e. The number of methoxy groups -OCH3 is 1. The summed E-state index contributed by atoms with van der Waals surface area (Å²) in [6, 6.07) is 4.76. The molecule has 1 aliphatic rings. The molecule has 0 amide bonds. The summed E-state index contributed by atoms with van der Waals surface area (Å²) in [5, 5.41) is 3.55. The van der Waals surface area contributed by atoms with E-state index in [4.69, 9.17) is 9.47 Å². The molecule has 0 heterocycles. The summed E-state index contributed by atoms with van der Waals surface area (Å²) in [6.45, 7) is 3.73. The van der Waals surface area contributed by atoms with Gasteiger partial charge >= 0.3 is 0 Å². The second kappa shape index (κ2) is 7.07. The van der Waals surface area contributed by atoms with E-state index < -0.39 is 0 Å². The number of ether oxygens (including phenoxy) is 2. The Morgan fingerprint density at radius 2 is 1.89 bits per heavy atom. The molecule has 1 aliphatic carbocycles. The average Bonchev–Trinajstić information content (AvgIpc) is 2.31. The fourth-order valence-electron chi connectivity index (χ4n) is 2.28. The lowest BCUT2D eigenvalue weighted by atomic mass is 9.89. The zero-order valence-electron chi connectivity index (χ0n) is 11.2. The third kappa shape index (κ3) is 3.94. The second-order valence-corrected chi connectivity index (χ2v) is 6.43. The molecule has 0 aliphatic heterocycles. The molecule has 0 saturated heterocycles. The Morgan fingerprint density at radius 1 is 1.26 bits per heavy atom. The number of rotatable bonds is 6. The lowest BCUT2D eigenvalue weighted by molar-refractivity contribution is -0.0102. The fourth-order valence-corrected chi connectivity index (χ4v) is 3.88. The summed E-state index contributed by atoms with van der Waals surface area (Å²) in [7, 11) is 1.67. The van der Waals surface area contributed by atoms with Crippen molar-refractivity contribution in [2.45, 2.75) is 38.5 Å². The number of hydrogen-bond donors (Lipinski definition) is 1. The van der Waals surface area contributed by atoms with E-state index >= 15 is 0 Å². The zero-order valence-corrected chi connectivity index (χ0v) is 14.4. The van der Waals surface area contributed by atoms with Gasteiger partial charge in [0.15, 0.2) is 0 Å². The van der Waals surface area contributed by atoms with E-state index in [0.717, 1.165) is 40.7 Å². The minimum atomic E-state index is 0.455. The first kappa shape index (κ1) is 15.3. The zero-order chi connectivity index (χ0) is 13.8. The molecule has 1 fully saturated rings. The SMILES string of the molecule is CCOC1CC(NCc2cc(Br)c(OC)c(Br)c2)C1. The highest BCUT2D eigenvalue weighted by molar-refractivity contribution is 9.11. The summed E-state index contributed by atoms with van der Waals surface area (Å²) in [4.78, 5) is 0.